The van der Waals surface area contributed by atoms with E-state index in [1.165, 1.54) is 0 Å². The van der Waals surface area contributed by atoms with Gasteiger partial charge in [0.15, 0.2) is 0 Å². The molecule has 1 aromatic rings. The molecule has 0 saturated carbocycles. The van der Waals surface area contributed by atoms with Crippen LogP contribution in [0.5, 0.6) is 5.75 Å². The Bertz CT molecular complexity index is 386. The summed E-state index contributed by atoms with van der Waals surface area (Å²) in [5, 5.41) is 6.29. The maximum Gasteiger partial charge on any atom is 0.221 e. The number of carbonyl (C=O) groups is 1. The molecule has 0 unspecified atom stereocenters. The molecule has 0 aliphatic heterocycles. The first-order valence-corrected chi connectivity index (χ1v) is 5.79. The molecule has 0 radical (unpaired) electrons. The van der Waals surface area contributed by atoms with Crippen molar-refractivity contribution in [3.05, 3.63) is 28.8 Å². The summed E-state index contributed by atoms with van der Waals surface area (Å²) in [4.78, 5) is 11.4. The van der Waals surface area contributed by atoms with Crippen LogP contribution in [-0.2, 0) is 11.3 Å². The minimum atomic E-state index is 0. The van der Waals surface area contributed by atoms with E-state index in [1.807, 2.05) is 13.1 Å². The summed E-state index contributed by atoms with van der Waals surface area (Å²) in [6, 6.07) is 5.46. The number of amides is 1. The molecule has 6 heteroatoms. The molecule has 0 atom stereocenters. The number of hydrogen-bond acceptors (Lipinski definition) is 3. The van der Waals surface area contributed by atoms with Gasteiger partial charge in [-0.15, -0.1) is 12.4 Å². The molecular weight excluding hydrogens is 275 g/mol. The number of rotatable bonds is 6. The van der Waals surface area contributed by atoms with E-state index in [0.717, 1.165) is 5.56 Å². The lowest BCUT2D eigenvalue weighted by molar-refractivity contribution is -0.121. The molecule has 0 saturated heterocycles. The minimum Gasteiger partial charge on any atom is -0.495 e. The quantitative estimate of drug-likeness (QED) is 0.843. The normalized spacial score (nSPS) is 9.50. The molecule has 1 aromatic carbocycles. The molecule has 0 aliphatic rings. The van der Waals surface area contributed by atoms with Crippen LogP contribution in [0.15, 0.2) is 18.2 Å². The first kappa shape index (κ1) is 17.0. The average Bonchev–Trinajstić information content (AvgIpc) is 2.34. The summed E-state index contributed by atoms with van der Waals surface area (Å²) in [6.45, 7) is 1.15. The highest BCUT2D eigenvalue weighted by Crippen LogP contribution is 2.24. The van der Waals surface area contributed by atoms with Crippen LogP contribution in [0.1, 0.15) is 12.0 Å². The lowest BCUT2D eigenvalue weighted by Crippen LogP contribution is -2.26. The Labute approximate surface area is 118 Å². The maximum absolute atomic E-state index is 11.4. The van der Waals surface area contributed by atoms with Crippen molar-refractivity contribution in [2.24, 2.45) is 0 Å². The highest BCUT2D eigenvalue weighted by atomic mass is 35.5. The van der Waals surface area contributed by atoms with E-state index in [9.17, 15) is 4.79 Å². The van der Waals surface area contributed by atoms with Gasteiger partial charge in [-0.05, 0) is 24.7 Å². The van der Waals surface area contributed by atoms with Crippen LogP contribution in [0.4, 0.5) is 0 Å². The molecule has 0 spiro atoms. The van der Waals surface area contributed by atoms with Crippen LogP contribution >= 0.6 is 24.0 Å². The van der Waals surface area contributed by atoms with Gasteiger partial charge < -0.3 is 15.4 Å². The second-order valence-corrected chi connectivity index (χ2v) is 4.01. The number of carbonyl (C=O) groups excluding carboxylic acids is 1. The predicted molar refractivity (Wildman–Crippen MR) is 75.6 cm³/mol. The maximum atomic E-state index is 11.4. The van der Waals surface area contributed by atoms with Gasteiger partial charge in [-0.1, -0.05) is 17.7 Å². The zero-order valence-corrected chi connectivity index (χ0v) is 12.0. The number of methoxy groups -OCH3 is 1. The number of halogens is 2. The van der Waals surface area contributed by atoms with E-state index in [1.54, 1.807) is 19.2 Å². The van der Waals surface area contributed by atoms with Crippen molar-refractivity contribution in [2.45, 2.75) is 13.0 Å². The van der Waals surface area contributed by atoms with Crippen molar-refractivity contribution in [3.8, 4) is 5.75 Å². The van der Waals surface area contributed by atoms with Crippen molar-refractivity contribution < 1.29 is 9.53 Å². The molecular formula is C12H18Cl2N2O2. The number of ether oxygens (including phenoxy) is 1. The highest BCUT2D eigenvalue weighted by molar-refractivity contribution is 6.32. The first-order valence-electron chi connectivity index (χ1n) is 5.41. The van der Waals surface area contributed by atoms with E-state index in [4.69, 9.17) is 16.3 Å². The molecule has 1 rings (SSSR count). The van der Waals surface area contributed by atoms with Crippen LogP contribution < -0.4 is 15.4 Å². The average molecular weight is 293 g/mol. The number of benzene rings is 1. The molecule has 18 heavy (non-hydrogen) atoms. The Balaban J connectivity index is 0.00000289. The smallest absolute Gasteiger partial charge is 0.221 e. The third-order valence-corrected chi connectivity index (χ3v) is 2.60. The lowest BCUT2D eigenvalue weighted by Gasteiger charge is -2.07. The second kappa shape index (κ2) is 9.03. The summed E-state index contributed by atoms with van der Waals surface area (Å²) < 4.78 is 5.05. The van der Waals surface area contributed by atoms with Gasteiger partial charge in [0.05, 0.1) is 12.1 Å². The van der Waals surface area contributed by atoms with E-state index in [0.29, 0.717) is 30.3 Å². The molecule has 0 bridgehead atoms. The Kier molecular flexibility index (Phi) is 8.54. The minimum absolute atomic E-state index is 0. The van der Waals surface area contributed by atoms with Gasteiger partial charge in [0.25, 0.3) is 0 Å². The van der Waals surface area contributed by atoms with Crippen molar-refractivity contribution in [1.29, 1.82) is 0 Å². The van der Waals surface area contributed by atoms with E-state index >= 15 is 0 Å². The van der Waals surface area contributed by atoms with Gasteiger partial charge >= 0.3 is 0 Å². The number of nitrogens with one attached hydrogen (secondary N) is 2. The molecule has 0 fully saturated rings. The summed E-state index contributed by atoms with van der Waals surface area (Å²) >= 11 is 5.98. The van der Waals surface area contributed by atoms with E-state index < -0.39 is 0 Å². The zero-order chi connectivity index (χ0) is 12.7. The molecule has 0 aromatic heterocycles. The molecule has 2 N–H and O–H groups in total. The van der Waals surface area contributed by atoms with Crippen LogP contribution in [0.2, 0.25) is 5.02 Å². The molecule has 4 nitrogen and oxygen atoms in total. The van der Waals surface area contributed by atoms with Crippen LogP contribution in [0, 0.1) is 0 Å². The Morgan fingerprint density at radius 2 is 2.17 bits per heavy atom. The molecule has 1 amide bonds. The fraction of sp³-hybridized carbons (Fsp3) is 0.417. The third-order valence-electron chi connectivity index (χ3n) is 2.31. The Hall–Kier alpha value is -0.970. The predicted octanol–water partition coefficient (Wildman–Crippen LogP) is 2.00. The van der Waals surface area contributed by atoms with E-state index in [-0.39, 0.29) is 18.3 Å². The monoisotopic (exact) mass is 292 g/mol. The molecule has 0 aliphatic carbocycles. The standard InChI is InChI=1S/C12H17ClN2O2.ClH/c1-14-6-5-12(16)15-8-9-3-4-11(17-2)10(13)7-9;/h3-4,7,14H,5-6,8H2,1-2H3,(H,15,16);1H. The van der Waals surface area contributed by atoms with Gasteiger partial charge in [-0.2, -0.15) is 0 Å². The fourth-order valence-electron chi connectivity index (χ4n) is 1.35. The highest BCUT2D eigenvalue weighted by Gasteiger charge is 2.03. The summed E-state index contributed by atoms with van der Waals surface area (Å²) in [6.07, 6.45) is 0.473. The van der Waals surface area contributed by atoms with Crippen molar-refractivity contribution in [3.63, 3.8) is 0 Å². The topological polar surface area (TPSA) is 50.4 Å². The molecule has 0 heterocycles. The zero-order valence-electron chi connectivity index (χ0n) is 10.5. The SMILES string of the molecule is CNCCC(=O)NCc1ccc(OC)c(Cl)c1.Cl. The summed E-state index contributed by atoms with van der Waals surface area (Å²) in [5.41, 5.74) is 0.952. The van der Waals surface area contributed by atoms with Crippen molar-refractivity contribution in [2.75, 3.05) is 20.7 Å². The summed E-state index contributed by atoms with van der Waals surface area (Å²) in [7, 11) is 3.39. The Morgan fingerprint density at radius 1 is 1.44 bits per heavy atom. The van der Waals surface area contributed by atoms with Gasteiger partial charge in [-0.25, -0.2) is 0 Å². The third kappa shape index (κ3) is 5.58. The fourth-order valence-corrected chi connectivity index (χ4v) is 1.63. The van der Waals surface area contributed by atoms with Crippen molar-refractivity contribution >= 4 is 29.9 Å². The largest absolute Gasteiger partial charge is 0.495 e. The van der Waals surface area contributed by atoms with Crippen LogP contribution in [0.3, 0.4) is 0 Å². The van der Waals surface area contributed by atoms with Crippen LogP contribution in [-0.4, -0.2) is 26.6 Å². The van der Waals surface area contributed by atoms with Crippen LogP contribution in [0.25, 0.3) is 0 Å². The Morgan fingerprint density at radius 3 is 2.72 bits per heavy atom. The second-order valence-electron chi connectivity index (χ2n) is 3.60. The van der Waals surface area contributed by atoms with Gasteiger partial charge in [0.2, 0.25) is 5.91 Å². The van der Waals surface area contributed by atoms with Gasteiger partial charge in [-0.3, -0.25) is 4.79 Å². The first-order chi connectivity index (χ1) is 8.17. The van der Waals surface area contributed by atoms with E-state index in [2.05, 4.69) is 10.6 Å². The lowest BCUT2D eigenvalue weighted by atomic mass is 10.2. The van der Waals surface area contributed by atoms with Gasteiger partial charge in [0.1, 0.15) is 5.75 Å². The van der Waals surface area contributed by atoms with Crippen molar-refractivity contribution in [1.82, 2.24) is 10.6 Å². The molecule has 102 valence electrons. The van der Waals surface area contributed by atoms with Gasteiger partial charge in [0, 0.05) is 19.5 Å². The number of hydrogen-bond donors (Lipinski definition) is 2. The summed E-state index contributed by atoms with van der Waals surface area (Å²) in [5.74, 6) is 0.656.